The van der Waals surface area contributed by atoms with E-state index in [1.165, 1.54) is 6.08 Å². The molecule has 0 aliphatic carbocycles. The van der Waals surface area contributed by atoms with Gasteiger partial charge in [-0.2, -0.15) is 4.98 Å². The van der Waals surface area contributed by atoms with Gasteiger partial charge in [-0.3, -0.25) is 9.59 Å². The summed E-state index contributed by atoms with van der Waals surface area (Å²) in [6.45, 7) is 4.64. The number of piperidine rings is 1. The summed E-state index contributed by atoms with van der Waals surface area (Å²) in [6, 6.07) is 6.73. The summed E-state index contributed by atoms with van der Waals surface area (Å²) >= 11 is 0. The third-order valence-corrected chi connectivity index (χ3v) is 4.90. The van der Waals surface area contributed by atoms with Crippen molar-refractivity contribution in [1.82, 2.24) is 20.4 Å². The Morgan fingerprint density at radius 2 is 2.10 bits per heavy atom. The van der Waals surface area contributed by atoms with Gasteiger partial charge in [-0.1, -0.05) is 17.3 Å². The lowest BCUT2D eigenvalue weighted by Crippen LogP contribution is -2.49. The molecule has 0 spiro atoms. The Morgan fingerprint density at radius 1 is 1.34 bits per heavy atom. The lowest BCUT2D eigenvalue weighted by molar-refractivity contribution is -0.136. The zero-order chi connectivity index (χ0) is 20.8. The molecule has 1 aliphatic rings. The molecule has 2 atom stereocenters. The second-order valence-corrected chi connectivity index (χ2v) is 7.14. The van der Waals surface area contributed by atoms with Crippen LogP contribution < -0.4 is 10.1 Å². The van der Waals surface area contributed by atoms with Crippen LogP contribution in [0.2, 0.25) is 0 Å². The van der Waals surface area contributed by atoms with E-state index < -0.39 is 6.04 Å². The summed E-state index contributed by atoms with van der Waals surface area (Å²) in [5, 5.41) is 6.57. The highest BCUT2D eigenvalue weighted by atomic mass is 16.5. The van der Waals surface area contributed by atoms with Gasteiger partial charge in [0.25, 0.3) is 0 Å². The highest BCUT2D eigenvalue weighted by molar-refractivity contribution is 5.95. The van der Waals surface area contributed by atoms with Crippen molar-refractivity contribution in [2.75, 3.05) is 20.2 Å². The fourth-order valence-electron chi connectivity index (χ4n) is 3.34. The van der Waals surface area contributed by atoms with Gasteiger partial charge in [-0.25, -0.2) is 0 Å². The summed E-state index contributed by atoms with van der Waals surface area (Å²) in [7, 11) is 1.60. The molecule has 29 heavy (non-hydrogen) atoms. The fraction of sp³-hybridized carbons (Fsp3) is 0.429. The molecule has 8 heteroatoms. The predicted molar refractivity (Wildman–Crippen MR) is 107 cm³/mol. The van der Waals surface area contributed by atoms with Crippen molar-refractivity contribution in [1.29, 1.82) is 0 Å². The van der Waals surface area contributed by atoms with Crippen LogP contribution in [0.1, 0.15) is 43.0 Å². The third kappa shape index (κ3) is 5.43. The molecule has 8 nitrogen and oxygen atoms in total. The molecule has 0 bridgehead atoms. The number of carbonyl (C=O) groups is 2. The Hall–Kier alpha value is -3.16. The van der Waals surface area contributed by atoms with Crippen LogP contribution in [0.4, 0.5) is 0 Å². The summed E-state index contributed by atoms with van der Waals surface area (Å²) < 4.78 is 10.4. The topological polar surface area (TPSA) is 97.6 Å². The van der Waals surface area contributed by atoms with E-state index in [0.29, 0.717) is 24.8 Å². The Kier molecular flexibility index (Phi) is 6.64. The van der Waals surface area contributed by atoms with Crippen molar-refractivity contribution >= 4 is 17.9 Å². The lowest BCUT2D eigenvalue weighted by Gasteiger charge is -2.32. The molecule has 1 aliphatic heterocycles. The number of carbonyl (C=O) groups excluding carboxylic acids is 2. The minimum Gasteiger partial charge on any atom is -0.497 e. The molecule has 1 N–H and O–H groups in total. The van der Waals surface area contributed by atoms with E-state index >= 15 is 0 Å². The number of methoxy groups -OCH3 is 1. The van der Waals surface area contributed by atoms with Crippen LogP contribution in [-0.2, 0) is 9.59 Å². The number of nitrogens with zero attached hydrogens (tertiary/aromatic N) is 3. The maximum Gasteiger partial charge on any atom is 0.244 e. The van der Waals surface area contributed by atoms with E-state index in [1.54, 1.807) is 31.9 Å². The first-order valence-electron chi connectivity index (χ1n) is 9.68. The van der Waals surface area contributed by atoms with E-state index in [4.69, 9.17) is 9.26 Å². The molecular weight excluding hydrogens is 372 g/mol. The zero-order valence-corrected chi connectivity index (χ0v) is 16.9. The number of aryl methyl sites for hydroxylation is 1. The minimum atomic E-state index is -0.619. The number of ether oxygens (including phenoxy) is 1. The molecule has 2 heterocycles. The first kappa shape index (κ1) is 20.6. The second kappa shape index (κ2) is 9.36. The second-order valence-electron chi connectivity index (χ2n) is 7.14. The average Bonchev–Trinajstić information content (AvgIpc) is 3.18. The van der Waals surface area contributed by atoms with Gasteiger partial charge in [0.1, 0.15) is 11.8 Å². The van der Waals surface area contributed by atoms with Crippen molar-refractivity contribution in [3.8, 4) is 5.75 Å². The number of amides is 2. The summed E-state index contributed by atoms with van der Waals surface area (Å²) in [5.41, 5.74) is 0.869. The van der Waals surface area contributed by atoms with Crippen LogP contribution in [-0.4, -0.2) is 53.1 Å². The molecule has 2 amide bonds. The van der Waals surface area contributed by atoms with Crippen LogP contribution in [0.15, 0.2) is 34.9 Å². The van der Waals surface area contributed by atoms with Crippen molar-refractivity contribution in [3.05, 3.63) is 47.6 Å². The maximum atomic E-state index is 12.8. The Bertz CT molecular complexity index is 875. The monoisotopic (exact) mass is 398 g/mol. The van der Waals surface area contributed by atoms with Crippen LogP contribution in [0, 0.1) is 6.92 Å². The highest BCUT2D eigenvalue weighted by Crippen LogP contribution is 2.26. The van der Waals surface area contributed by atoms with Crippen LogP contribution >= 0.6 is 0 Å². The lowest BCUT2D eigenvalue weighted by atomic mass is 9.97. The van der Waals surface area contributed by atoms with Gasteiger partial charge in [0.2, 0.25) is 17.7 Å². The standard InChI is InChI=1S/C21H26N4O4/c1-14(22-19(26)11-8-16-6-9-18(28-3)10-7-16)21(27)25-12-4-5-17(13-25)20-23-15(2)24-29-20/h6-11,14,17H,4-5,12-13H2,1-3H3,(H,22,26). The first-order valence-corrected chi connectivity index (χ1v) is 9.68. The average molecular weight is 398 g/mol. The van der Waals surface area contributed by atoms with Crippen LogP contribution in [0.5, 0.6) is 5.75 Å². The Labute approximate surface area is 169 Å². The van der Waals surface area contributed by atoms with E-state index in [-0.39, 0.29) is 17.7 Å². The van der Waals surface area contributed by atoms with Gasteiger partial charge in [-0.15, -0.1) is 0 Å². The number of hydrogen-bond donors (Lipinski definition) is 1. The number of aromatic nitrogens is 2. The predicted octanol–water partition coefficient (Wildman–Crippen LogP) is 2.31. The quantitative estimate of drug-likeness (QED) is 0.750. The number of likely N-dealkylation sites (tertiary alicyclic amines) is 1. The normalized spacial score (nSPS) is 17.9. The van der Waals surface area contributed by atoms with Gasteiger partial charge in [-0.05, 0) is 50.5 Å². The van der Waals surface area contributed by atoms with Crippen molar-refractivity contribution in [3.63, 3.8) is 0 Å². The fourth-order valence-corrected chi connectivity index (χ4v) is 3.34. The number of benzene rings is 1. The van der Waals surface area contributed by atoms with Gasteiger partial charge in [0, 0.05) is 19.2 Å². The van der Waals surface area contributed by atoms with Crippen LogP contribution in [0.25, 0.3) is 6.08 Å². The zero-order valence-electron chi connectivity index (χ0n) is 16.9. The summed E-state index contributed by atoms with van der Waals surface area (Å²) in [6.07, 6.45) is 4.87. The summed E-state index contributed by atoms with van der Waals surface area (Å²) in [4.78, 5) is 31.0. The van der Waals surface area contributed by atoms with Gasteiger partial charge >= 0.3 is 0 Å². The van der Waals surface area contributed by atoms with Gasteiger partial charge < -0.3 is 19.5 Å². The van der Waals surface area contributed by atoms with Crippen LogP contribution in [0.3, 0.4) is 0 Å². The first-order chi connectivity index (χ1) is 14.0. The molecular formula is C21H26N4O4. The molecule has 154 valence electrons. The van der Waals surface area contributed by atoms with Crippen molar-refractivity contribution in [2.45, 2.75) is 38.6 Å². The van der Waals surface area contributed by atoms with E-state index in [9.17, 15) is 9.59 Å². The van der Waals surface area contributed by atoms with E-state index in [2.05, 4.69) is 15.5 Å². The molecule has 0 radical (unpaired) electrons. The Balaban J connectivity index is 1.53. The smallest absolute Gasteiger partial charge is 0.244 e. The van der Waals surface area contributed by atoms with Gasteiger partial charge in [0.05, 0.1) is 13.0 Å². The largest absolute Gasteiger partial charge is 0.497 e. The van der Waals surface area contributed by atoms with Crippen molar-refractivity contribution < 1.29 is 18.8 Å². The SMILES string of the molecule is COc1ccc(C=CC(=O)NC(C)C(=O)N2CCCC(c3nc(C)no3)C2)cc1. The highest BCUT2D eigenvalue weighted by Gasteiger charge is 2.30. The number of hydrogen-bond acceptors (Lipinski definition) is 6. The number of rotatable bonds is 6. The molecule has 0 saturated carbocycles. The third-order valence-electron chi connectivity index (χ3n) is 4.90. The molecule has 1 saturated heterocycles. The Morgan fingerprint density at radius 3 is 2.76 bits per heavy atom. The van der Waals surface area contributed by atoms with Crippen molar-refractivity contribution in [2.24, 2.45) is 0 Å². The molecule has 2 aromatic rings. The molecule has 1 aromatic carbocycles. The molecule has 3 rings (SSSR count). The molecule has 2 unspecified atom stereocenters. The molecule has 1 aromatic heterocycles. The minimum absolute atomic E-state index is 0.0340. The van der Waals surface area contributed by atoms with Gasteiger partial charge in [0.15, 0.2) is 5.82 Å². The van der Waals surface area contributed by atoms with E-state index in [0.717, 1.165) is 24.2 Å². The van der Waals surface area contributed by atoms with E-state index in [1.807, 2.05) is 24.3 Å². The summed E-state index contributed by atoms with van der Waals surface area (Å²) in [5.74, 6) is 1.51. The maximum absolute atomic E-state index is 12.8. The number of nitrogens with one attached hydrogen (secondary N) is 1. The molecule has 1 fully saturated rings.